The number of ketones is 1. The molecule has 0 aliphatic carbocycles. The Morgan fingerprint density at radius 2 is 1.82 bits per heavy atom. The van der Waals surface area contributed by atoms with Crippen LogP contribution < -0.4 is 6.15 Å². The van der Waals surface area contributed by atoms with Crippen molar-refractivity contribution in [3.63, 3.8) is 0 Å². The molecule has 11 heavy (non-hydrogen) atoms. The van der Waals surface area contributed by atoms with Gasteiger partial charge < -0.3 is 6.15 Å². The van der Waals surface area contributed by atoms with Gasteiger partial charge in [0, 0.05) is 6.42 Å². The van der Waals surface area contributed by atoms with E-state index in [-0.39, 0.29) is 11.9 Å². The Hall–Kier alpha value is -1.15. The van der Waals surface area contributed by atoms with E-state index in [2.05, 4.69) is 0 Å². The van der Waals surface area contributed by atoms with Crippen LogP contribution in [-0.2, 0) is 11.2 Å². The van der Waals surface area contributed by atoms with E-state index in [4.69, 9.17) is 0 Å². The maximum Gasteiger partial charge on any atom is 0.134 e. The smallest absolute Gasteiger partial charge is 0.134 e. The van der Waals surface area contributed by atoms with Crippen molar-refractivity contribution in [1.29, 1.82) is 0 Å². The molecule has 60 valence electrons. The summed E-state index contributed by atoms with van der Waals surface area (Å²) in [6, 6.07) is 9.75. The van der Waals surface area contributed by atoms with E-state index in [1.807, 2.05) is 30.3 Å². The van der Waals surface area contributed by atoms with Crippen LogP contribution in [0.25, 0.3) is 0 Å². The van der Waals surface area contributed by atoms with E-state index in [0.29, 0.717) is 6.42 Å². The fourth-order valence-electron chi connectivity index (χ4n) is 0.883. The fourth-order valence-corrected chi connectivity index (χ4v) is 0.883. The van der Waals surface area contributed by atoms with Crippen LogP contribution in [0.2, 0.25) is 0 Å². The predicted octanol–water partition coefficient (Wildman–Crippen LogP) is 1.98. The van der Waals surface area contributed by atoms with Gasteiger partial charge in [0.1, 0.15) is 5.78 Å². The number of benzene rings is 1. The largest absolute Gasteiger partial charge is 0.344 e. The zero-order chi connectivity index (χ0) is 7.40. The molecule has 0 unspecified atom stereocenters. The molecule has 1 rings (SSSR count). The average Bonchev–Trinajstić information content (AvgIpc) is 1.88. The number of carbonyl (C=O) groups is 1. The van der Waals surface area contributed by atoms with E-state index in [0.717, 1.165) is 5.56 Å². The van der Waals surface area contributed by atoms with Crippen molar-refractivity contribution >= 4 is 5.78 Å². The Balaban J connectivity index is 0.000001000. The first-order chi connectivity index (χ1) is 4.79. The van der Waals surface area contributed by atoms with Crippen LogP contribution in [0.15, 0.2) is 30.3 Å². The normalized spacial score (nSPS) is 8.45. The summed E-state index contributed by atoms with van der Waals surface area (Å²) >= 11 is 0. The van der Waals surface area contributed by atoms with Crippen LogP contribution in [0.1, 0.15) is 12.5 Å². The van der Waals surface area contributed by atoms with Crippen LogP contribution in [0, 0.1) is 0 Å². The maximum atomic E-state index is 10.6. The Morgan fingerprint density at radius 1 is 1.27 bits per heavy atom. The highest BCUT2D eigenvalue weighted by Crippen LogP contribution is 1.98. The predicted molar refractivity (Wildman–Crippen MR) is 45.8 cm³/mol. The first-order valence-electron chi connectivity index (χ1n) is 3.32. The molecule has 0 spiro atoms. The van der Waals surface area contributed by atoms with Gasteiger partial charge in [0.15, 0.2) is 0 Å². The van der Waals surface area contributed by atoms with Gasteiger partial charge in [0.05, 0.1) is 0 Å². The molecule has 0 aromatic heterocycles. The average molecular weight is 151 g/mol. The number of rotatable bonds is 2. The van der Waals surface area contributed by atoms with Crippen LogP contribution in [0.3, 0.4) is 0 Å². The summed E-state index contributed by atoms with van der Waals surface area (Å²) in [5, 5.41) is 0. The van der Waals surface area contributed by atoms with E-state index in [1.165, 1.54) is 0 Å². The molecule has 1 aromatic carbocycles. The molecule has 1 aromatic rings. The number of hydrogen-bond acceptors (Lipinski definition) is 2. The first-order valence-corrected chi connectivity index (χ1v) is 3.32. The minimum Gasteiger partial charge on any atom is -0.344 e. The Labute approximate surface area is 66.8 Å². The van der Waals surface area contributed by atoms with Gasteiger partial charge in [-0.1, -0.05) is 30.3 Å². The summed E-state index contributed by atoms with van der Waals surface area (Å²) in [7, 11) is 0. The standard InChI is InChI=1S/C9H10O.H3N/c1-8(10)7-9-5-3-2-4-6-9;/h2-6H,7H2,1H3;1H3. The molecule has 3 N–H and O–H groups in total. The molecule has 0 aliphatic rings. The molecule has 0 heterocycles. The van der Waals surface area contributed by atoms with Crippen molar-refractivity contribution in [1.82, 2.24) is 6.15 Å². The molecule has 0 radical (unpaired) electrons. The van der Waals surface area contributed by atoms with Gasteiger partial charge in [-0.2, -0.15) is 0 Å². The van der Waals surface area contributed by atoms with Crippen LogP contribution in [0.5, 0.6) is 0 Å². The lowest BCUT2D eigenvalue weighted by Crippen LogP contribution is -1.94. The van der Waals surface area contributed by atoms with Crippen molar-refractivity contribution in [2.24, 2.45) is 0 Å². The number of Topliss-reactive ketones (excluding diaryl/α,β-unsaturated/α-hetero) is 1. The number of carbonyl (C=O) groups excluding carboxylic acids is 1. The second kappa shape index (κ2) is 4.63. The quantitative estimate of drug-likeness (QED) is 0.702. The van der Waals surface area contributed by atoms with Gasteiger partial charge in [-0.25, -0.2) is 0 Å². The SMILES string of the molecule is CC(=O)Cc1ccccc1.N. The summed E-state index contributed by atoms with van der Waals surface area (Å²) in [5.74, 6) is 0.214. The molecule has 0 saturated carbocycles. The zero-order valence-electron chi connectivity index (χ0n) is 6.71. The Kier molecular flexibility index (Phi) is 4.15. The molecule has 0 fully saturated rings. The molecule has 0 saturated heterocycles. The maximum absolute atomic E-state index is 10.6. The van der Waals surface area contributed by atoms with Crippen molar-refractivity contribution in [3.8, 4) is 0 Å². The third-order valence-corrected chi connectivity index (χ3v) is 1.30. The summed E-state index contributed by atoms with van der Waals surface area (Å²) in [6.07, 6.45) is 0.556. The topological polar surface area (TPSA) is 52.1 Å². The van der Waals surface area contributed by atoms with Crippen molar-refractivity contribution in [2.45, 2.75) is 13.3 Å². The summed E-state index contributed by atoms with van der Waals surface area (Å²) in [5.41, 5.74) is 1.09. The van der Waals surface area contributed by atoms with E-state index in [9.17, 15) is 4.79 Å². The van der Waals surface area contributed by atoms with E-state index in [1.54, 1.807) is 6.92 Å². The summed E-state index contributed by atoms with van der Waals surface area (Å²) in [6.45, 7) is 1.60. The summed E-state index contributed by atoms with van der Waals surface area (Å²) < 4.78 is 0. The van der Waals surface area contributed by atoms with Gasteiger partial charge >= 0.3 is 0 Å². The fraction of sp³-hybridized carbons (Fsp3) is 0.222. The van der Waals surface area contributed by atoms with Gasteiger partial charge in [-0.3, -0.25) is 4.79 Å². The molecule has 2 heteroatoms. The second-order valence-corrected chi connectivity index (χ2v) is 2.36. The third kappa shape index (κ3) is 3.53. The Bertz CT molecular complexity index is 218. The summed E-state index contributed by atoms with van der Waals surface area (Å²) in [4.78, 5) is 10.6. The van der Waals surface area contributed by atoms with Crippen molar-refractivity contribution in [2.75, 3.05) is 0 Å². The number of hydrogen-bond donors (Lipinski definition) is 1. The van der Waals surface area contributed by atoms with Gasteiger partial charge in [0.25, 0.3) is 0 Å². The van der Waals surface area contributed by atoms with Crippen molar-refractivity contribution < 1.29 is 4.79 Å². The highest BCUT2D eigenvalue weighted by molar-refractivity contribution is 5.78. The molecule has 0 aliphatic heterocycles. The monoisotopic (exact) mass is 151 g/mol. The molecular weight excluding hydrogens is 138 g/mol. The highest BCUT2D eigenvalue weighted by Gasteiger charge is 1.93. The van der Waals surface area contributed by atoms with E-state index < -0.39 is 0 Å². The van der Waals surface area contributed by atoms with Gasteiger partial charge in [-0.15, -0.1) is 0 Å². The van der Waals surface area contributed by atoms with Crippen LogP contribution in [-0.4, -0.2) is 5.78 Å². The lowest BCUT2D eigenvalue weighted by molar-refractivity contribution is -0.116. The molecule has 0 atom stereocenters. The third-order valence-electron chi connectivity index (χ3n) is 1.30. The van der Waals surface area contributed by atoms with Gasteiger partial charge in [0.2, 0.25) is 0 Å². The molecule has 2 nitrogen and oxygen atoms in total. The Morgan fingerprint density at radius 3 is 2.27 bits per heavy atom. The lowest BCUT2D eigenvalue weighted by Gasteiger charge is -1.93. The van der Waals surface area contributed by atoms with Crippen LogP contribution >= 0.6 is 0 Å². The minimum atomic E-state index is 0. The minimum absolute atomic E-state index is 0. The van der Waals surface area contributed by atoms with E-state index >= 15 is 0 Å². The lowest BCUT2D eigenvalue weighted by atomic mass is 10.1. The molecule has 0 amide bonds. The highest BCUT2D eigenvalue weighted by atomic mass is 16.1. The zero-order valence-corrected chi connectivity index (χ0v) is 6.71. The molecule has 0 bridgehead atoms. The van der Waals surface area contributed by atoms with Crippen molar-refractivity contribution in [3.05, 3.63) is 35.9 Å². The molecular formula is C9H13NO. The second-order valence-electron chi connectivity index (χ2n) is 2.36. The van der Waals surface area contributed by atoms with Gasteiger partial charge in [-0.05, 0) is 12.5 Å². The van der Waals surface area contributed by atoms with Crippen LogP contribution in [0.4, 0.5) is 0 Å². The first kappa shape index (κ1) is 9.85.